The highest BCUT2D eigenvalue weighted by molar-refractivity contribution is 9.10. The fourth-order valence-corrected chi connectivity index (χ4v) is 4.26. The van der Waals surface area contributed by atoms with Gasteiger partial charge in [0.2, 0.25) is 9.84 Å². The minimum Gasteiger partial charge on any atom is -0.311 e. The second kappa shape index (κ2) is 5.37. The molecule has 0 fully saturated rings. The van der Waals surface area contributed by atoms with Crippen molar-refractivity contribution in [1.82, 2.24) is 0 Å². The molecule has 1 amide bonds. The topological polar surface area (TPSA) is 54.5 Å². The van der Waals surface area contributed by atoms with Crippen LogP contribution in [0.15, 0.2) is 62.8 Å². The van der Waals surface area contributed by atoms with Gasteiger partial charge in [0.1, 0.15) is 4.91 Å². The number of likely N-dealkylation sites (N-methyl/N-ethyl adjacent to an activating group) is 1. The molecule has 0 saturated heterocycles. The summed E-state index contributed by atoms with van der Waals surface area (Å²) in [5.74, 6) is -0.543. The van der Waals surface area contributed by atoms with Crippen LogP contribution >= 0.6 is 15.9 Å². The van der Waals surface area contributed by atoms with Crippen LogP contribution in [0.25, 0.3) is 6.08 Å². The third-order valence-corrected chi connectivity index (χ3v) is 5.81. The van der Waals surface area contributed by atoms with Crippen molar-refractivity contribution in [3.05, 3.63) is 63.5 Å². The summed E-state index contributed by atoms with van der Waals surface area (Å²) in [5, 5.41) is 0. The summed E-state index contributed by atoms with van der Waals surface area (Å²) >= 11 is 3.31. The van der Waals surface area contributed by atoms with Gasteiger partial charge in [-0.1, -0.05) is 34.1 Å². The molecule has 4 nitrogen and oxygen atoms in total. The van der Waals surface area contributed by atoms with Gasteiger partial charge < -0.3 is 4.90 Å². The summed E-state index contributed by atoms with van der Waals surface area (Å²) < 4.78 is 25.8. The van der Waals surface area contributed by atoms with Gasteiger partial charge in [-0.2, -0.15) is 0 Å². The zero-order chi connectivity index (χ0) is 15.9. The maximum Gasteiger partial charge on any atom is 0.269 e. The average Bonchev–Trinajstić information content (AvgIpc) is 2.77. The van der Waals surface area contributed by atoms with Gasteiger partial charge in [0, 0.05) is 17.2 Å². The lowest BCUT2D eigenvalue weighted by atomic mass is 10.2. The smallest absolute Gasteiger partial charge is 0.269 e. The van der Waals surface area contributed by atoms with E-state index in [1.807, 2.05) is 6.07 Å². The van der Waals surface area contributed by atoms with Crippen molar-refractivity contribution < 1.29 is 13.2 Å². The molecule has 0 radical (unpaired) electrons. The van der Waals surface area contributed by atoms with E-state index in [4.69, 9.17) is 0 Å². The van der Waals surface area contributed by atoms with Gasteiger partial charge in [0.05, 0.1) is 4.90 Å². The van der Waals surface area contributed by atoms with E-state index < -0.39 is 15.7 Å². The number of rotatable bonds is 2. The zero-order valence-corrected chi connectivity index (χ0v) is 14.1. The fourth-order valence-electron chi connectivity index (χ4n) is 2.32. The van der Waals surface area contributed by atoms with Gasteiger partial charge in [0.15, 0.2) is 0 Å². The Morgan fingerprint density at radius 1 is 1.09 bits per heavy atom. The van der Waals surface area contributed by atoms with Crippen LogP contribution in [0.2, 0.25) is 0 Å². The number of carbonyl (C=O) groups is 1. The lowest BCUT2D eigenvalue weighted by molar-refractivity contribution is -0.114. The summed E-state index contributed by atoms with van der Waals surface area (Å²) in [6, 6.07) is 13.8. The van der Waals surface area contributed by atoms with Crippen molar-refractivity contribution in [2.45, 2.75) is 4.90 Å². The van der Waals surface area contributed by atoms with Crippen molar-refractivity contribution in [3.8, 4) is 0 Å². The van der Waals surface area contributed by atoms with Gasteiger partial charge in [0.25, 0.3) is 5.91 Å². The molecule has 3 rings (SSSR count). The second-order valence-electron chi connectivity index (χ2n) is 4.89. The van der Waals surface area contributed by atoms with Crippen LogP contribution in [-0.4, -0.2) is 21.4 Å². The lowest BCUT2D eigenvalue weighted by Crippen LogP contribution is -2.29. The number of benzene rings is 2. The van der Waals surface area contributed by atoms with Crippen LogP contribution < -0.4 is 4.90 Å². The molecular formula is C16H12BrNO3S. The van der Waals surface area contributed by atoms with Gasteiger partial charge in [-0.25, -0.2) is 8.42 Å². The number of hydrogen-bond acceptors (Lipinski definition) is 3. The van der Waals surface area contributed by atoms with Gasteiger partial charge in [-0.3, -0.25) is 4.79 Å². The molecule has 1 aliphatic rings. The largest absolute Gasteiger partial charge is 0.311 e. The normalized spacial score (nSPS) is 15.1. The van der Waals surface area contributed by atoms with Crippen LogP contribution in [0.3, 0.4) is 0 Å². The maximum absolute atomic E-state index is 12.6. The number of nitrogens with zero attached hydrogens (tertiary/aromatic N) is 1. The summed E-state index contributed by atoms with van der Waals surface area (Å²) in [4.78, 5) is 13.9. The first-order valence-corrected chi connectivity index (χ1v) is 8.78. The first-order valence-electron chi connectivity index (χ1n) is 6.51. The molecule has 0 spiro atoms. The van der Waals surface area contributed by atoms with E-state index in [0.717, 1.165) is 4.47 Å². The summed E-state index contributed by atoms with van der Waals surface area (Å²) in [7, 11) is -2.20. The maximum atomic E-state index is 12.6. The Bertz CT molecular complexity index is 889. The summed E-state index contributed by atoms with van der Waals surface area (Å²) in [6.45, 7) is 0. The first kappa shape index (κ1) is 15.0. The van der Waals surface area contributed by atoms with Crippen LogP contribution in [0, 0.1) is 0 Å². The molecule has 1 aliphatic heterocycles. The van der Waals surface area contributed by atoms with Crippen molar-refractivity contribution in [2.75, 3.05) is 11.9 Å². The SMILES string of the molecule is CN(C(=O)C1=Cc2cc(Br)ccc2S1(=O)=O)c1ccccc1. The summed E-state index contributed by atoms with van der Waals surface area (Å²) in [6.07, 6.45) is 1.43. The molecule has 2 aromatic carbocycles. The fraction of sp³-hybridized carbons (Fsp3) is 0.0625. The highest BCUT2D eigenvalue weighted by atomic mass is 79.9. The number of amides is 1. The third kappa shape index (κ3) is 2.38. The van der Waals surface area contributed by atoms with E-state index in [1.165, 1.54) is 17.0 Å². The van der Waals surface area contributed by atoms with E-state index in [9.17, 15) is 13.2 Å². The van der Waals surface area contributed by atoms with Crippen LogP contribution in [-0.2, 0) is 14.6 Å². The molecule has 1 heterocycles. The van der Waals surface area contributed by atoms with Gasteiger partial charge in [-0.15, -0.1) is 0 Å². The van der Waals surface area contributed by atoms with E-state index in [1.54, 1.807) is 43.4 Å². The van der Waals surface area contributed by atoms with E-state index in [-0.39, 0.29) is 9.80 Å². The Hall–Kier alpha value is -1.92. The van der Waals surface area contributed by atoms with Crippen molar-refractivity contribution in [3.63, 3.8) is 0 Å². The minimum atomic E-state index is -3.77. The molecule has 6 heteroatoms. The number of anilines is 1. The quantitative estimate of drug-likeness (QED) is 0.806. The Kier molecular flexibility index (Phi) is 3.66. The third-order valence-electron chi connectivity index (χ3n) is 3.50. The van der Waals surface area contributed by atoms with Crippen molar-refractivity contribution in [1.29, 1.82) is 0 Å². The van der Waals surface area contributed by atoms with Crippen molar-refractivity contribution >= 4 is 43.4 Å². The standard InChI is InChI=1S/C16H12BrNO3S/c1-18(13-5-3-2-4-6-13)16(19)15-10-11-9-12(17)7-8-14(11)22(15,20)21/h2-10H,1H3. The Balaban J connectivity index is 2.03. The molecule has 22 heavy (non-hydrogen) atoms. The highest BCUT2D eigenvalue weighted by Gasteiger charge is 2.36. The predicted molar refractivity (Wildman–Crippen MR) is 89.2 cm³/mol. The van der Waals surface area contributed by atoms with Crippen LogP contribution in [0.5, 0.6) is 0 Å². The first-order chi connectivity index (χ1) is 10.4. The zero-order valence-electron chi connectivity index (χ0n) is 11.7. The van der Waals surface area contributed by atoms with Gasteiger partial charge >= 0.3 is 0 Å². The second-order valence-corrected chi connectivity index (χ2v) is 7.70. The van der Waals surface area contributed by atoms with E-state index in [2.05, 4.69) is 15.9 Å². The number of fused-ring (bicyclic) bond motifs is 1. The molecule has 2 aromatic rings. The molecule has 0 aliphatic carbocycles. The Morgan fingerprint density at radius 3 is 2.45 bits per heavy atom. The molecule has 0 unspecified atom stereocenters. The summed E-state index contributed by atoms with van der Waals surface area (Å²) in [5.41, 5.74) is 1.17. The lowest BCUT2D eigenvalue weighted by Gasteiger charge is -2.17. The van der Waals surface area contributed by atoms with E-state index >= 15 is 0 Å². The van der Waals surface area contributed by atoms with Crippen LogP contribution in [0.1, 0.15) is 5.56 Å². The van der Waals surface area contributed by atoms with E-state index in [0.29, 0.717) is 11.3 Å². The molecule has 0 bridgehead atoms. The van der Waals surface area contributed by atoms with Gasteiger partial charge in [-0.05, 0) is 42.0 Å². The minimum absolute atomic E-state index is 0.167. The van der Waals surface area contributed by atoms with Crippen LogP contribution in [0.4, 0.5) is 5.69 Å². The molecule has 112 valence electrons. The number of halogens is 1. The molecule has 0 saturated carbocycles. The number of hydrogen-bond donors (Lipinski definition) is 0. The Labute approximate surface area is 137 Å². The number of carbonyl (C=O) groups excluding carboxylic acids is 1. The highest BCUT2D eigenvalue weighted by Crippen LogP contribution is 2.35. The molecule has 0 aromatic heterocycles. The molecule has 0 atom stereocenters. The predicted octanol–water partition coefficient (Wildman–Crippen LogP) is 3.24. The van der Waals surface area contributed by atoms with Crippen molar-refractivity contribution in [2.24, 2.45) is 0 Å². The molecule has 0 N–H and O–H groups in total. The Morgan fingerprint density at radius 2 is 1.77 bits per heavy atom. The molecular weight excluding hydrogens is 366 g/mol. The monoisotopic (exact) mass is 377 g/mol. The average molecular weight is 378 g/mol. The number of sulfone groups is 1. The number of para-hydroxylation sites is 1.